The molecule has 0 saturated carbocycles. The molecular weight excluding hydrogens is 423 g/mol. The number of ether oxygens (including phenoxy) is 2. The number of halogens is 1. The minimum Gasteiger partial charge on any atom is -0.489 e. The van der Waals surface area contributed by atoms with Crippen LogP contribution in [0.25, 0.3) is 0 Å². The van der Waals surface area contributed by atoms with E-state index >= 15 is 0 Å². The lowest BCUT2D eigenvalue weighted by Crippen LogP contribution is -2.61. The molecule has 1 spiro atoms. The van der Waals surface area contributed by atoms with Gasteiger partial charge in [-0.15, -0.1) is 0 Å². The van der Waals surface area contributed by atoms with Gasteiger partial charge in [0.05, 0.1) is 6.04 Å². The highest BCUT2D eigenvalue weighted by atomic mass is 19.1. The van der Waals surface area contributed by atoms with Gasteiger partial charge in [-0.1, -0.05) is 30.3 Å². The summed E-state index contributed by atoms with van der Waals surface area (Å²) >= 11 is 0. The van der Waals surface area contributed by atoms with E-state index in [-0.39, 0.29) is 24.4 Å². The zero-order chi connectivity index (χ0) is 23.6. The zero-order valence-electron chi connectivity index (χ0n) is 19.4. The SMILES string of the molecule is CC(C)(C)OC(=O)N1[C@@H](c2cccc(OCc3ccccc3F)c2)CC[C@]12CCCNC2=O. The summed E-state index contributed by atoms with van der Waals surface area (Å²) in [5.74, 6) is 0.147. The van der Waals surface area contributed by atoms with E-state index in [4.69, 9.17) is 9.47 Å². The van der Waals surface area contributed by atoms with Crippen molar-refractivity contribution in [2.75, 3.05) is 6.54 Å². The molecule has 2 aliphatic heterocycles. The molecule has 33 heavy (non-hydrogen) atoms. The molecule has 0 aromatic heterocycles. The largest absolute Gasteiger partial charge is 0.489 e. The number of hydrogen-bond donors (Lipinski definition) is 1. The molecular formula is C26H31FN2O4. The Morgan fingerprint density at radius 3 is 2.70 bits per heavy atom. The lowest BCUT2D eigenvalue weighted by atomic mass is 9.87. The van der Waals surface area contributed by atoms with Crippen molar-refractivity contribution in [3.8, 4) is 5.75 Å². The summed E-state index contributed by atoms with van der Waals surface area (Å²) in [7, 11) is 0. The van der Waals surface area contributed by atoms with E-state index in [2.05, 4.69) is 5.32 Å². The van der Waals surface area contributed by atoms with Crippen LogP contribution in [0.4, 0.5) is 9.18 Å². The van der Waals surface area contributed by atoms with Gasteiger partial charge in [-0.25, -0.2) is 9.18 Å². The third kappa shape index (κ3) is 4.82. The molecule has 4 rings (SSSR count). The highest BCUT2D eigenvalue weighted by molar-refractivity contribution is 5.91. The molecule has 7 heteroatoms. The second-order valence-corrected chi connectivity index (χ2v) is 9.75. The number of nitrogens with one attached hydrogen (secondary N) is 1. The molecule has 2 aliphatic rings. The second-order valence-electron chi connectivity index (χ2n) is 9.75. The van der Waals surface area contributed by atoms with Crippen molar-refractivity contribution in [3.05, 3.63) is 65.5 Å². The third-order valence-corrected chi connectivity index (χ3v) is 6.26. The minimum atomic E-state index is -0.907. The van der Waals surface area contributed by atoms with Crippen molar-refractivity contribution < 1.29 is 23.5 Å². The first kappa shape index (κ1) is 23.1. The van der Waals surface area contributed by atoms with Gasteiger partial charge in [0, 0.05) is 12.1 Å². The van der Waals surface area contributed by atoms with E-state index in [1.165, 1.54) is 6.07 Å². The van der Waals surface area contributed by atoms with E-state index in [1.54, 1.807) is 29.2 Å². The number of amides is 2. The normalized spacial score (nSPS) is 22.8. The maximum atomic E-state index is 14.0. The van der Waals surface area contributed by atoms with Crippen molar-refractivity contribution in [3.63, 3.8) is 0 Å². The van der Waals surface area contributed by atoms with Gasteiger partial charge in [-0.3, -0.25) is 9.69 Å². The fraction of sp³-hybridized carbons (Fsp3) is 0.462. The average Bonchev–Trinajstić information content (AvgIpc) is 3.15. The van der Waals surface area contributed by atoms with Gasteiger partial charge in [0.15, 0.2) is 0 Å². The summed E-state index contributed by atoms with van der Waals surface area (Å²) in [6.45, 7) is 6.18. The van der Waals surface area contributed by atoms with E-state index in [0.29, 0.717) is 37.1 Å². The Morgan fingerprint density at radius 1 is 1.18 bits per heavy atom. The molecule has 2 atom stereocenters. The molecule has 0 aliphatic carbocycles. The van der Waals surface area contributed by atoms with Crippen molar-refractivity contribution in [2.24, 2.45) is 0 Å². The lowest BCUT2D eigenvalue weighted by molar-refractivity contribution is -0.135. The highest BCUT2D eigenvalue weighted by Gasteiger charge is 2.56. The van der Waals surface area contributed by atoms with Crippen LogP contribution in [0.1, 0.15) is 63.6 Å². The van der Waals surface area contributed by atoms with E-state index < -0.39 is 17.2 Å². The Hall–Kier alpha value is -3.09. The molecule has 0 bridgehead atoms. The van der Waals surface area contributed by atoms with Crippen LogP contribution in [0, 0.1) is 5.82 Å². The van der Waals surface area contributed by atoms with Crippen LogP contribution in [-0.2, 0) is 16.1 Å². The van der Waals surface area contributed by atoms with Crippen molar-refractivity contribution in [2.45, 2.75) is 70.2 Å². The van der Waals surface area contributed by atoms with E-state index in [1.807, 2.05) is 39.0 Å². The Balaban J connectivity index is 1.61. The fourth-order valence-corrected chi connectivity index (χ4v) is 4.77. The molecule has 2 fully saturated rings. The van der Waals surface area contributed by atoms with Crippen LogP contribution in [0.2, 0.25) is 0 Å². The molecule has 0 radical (unpaired) electrons. The standard InChI is InChI=1S/C26H31FN2O4/c1-25(2,3)33-24(31)29-22(12-14-26(29)13-7-15-28-23(26)30)18-9-6-10-20(16-18)32-17-19-8-4-5-11-21(19)27/h4-6,8-11,16,22H,7,12-15,17H2,1-3H3,(H,28,30)/t22-,26+/m1/s1. The van der Waals surface area contributed by atoms with Crippen LogP contribution < -0.4 is 10.1 Å². The molecule has 176 valence electrons. The van der Waals surface area contributed by atoms with Crippen LogP contribution in [0.3, 0.4) is 0 Å². The van der Waals surface area contributed by atoms with Gasteiger partial charge in [-0.05, 0) is 70.2 Å². The van der Waals surface area contributed by atoms with Gasteiger partial charge in [0.2, 0.25) is 5.91 Å². The van der Waals surface area contributed by atoms with Gasteiger partial charge in [0.25, 0.3) is 0 Å². The first-order valence-corrected chi connectivity index (χ1v) is 11.5. The number of likely N-dealkylation sites (tertiary alicyclic amines) is 1. The minimum absolute atomic E-state index is 0.100. The Labute approximate surface area is 194 Å². The predicted molar refractivity (Wildman–Crippen MR) is 122 cm³/mol. The maximum Gasteiger partial charge on any atom is 0.411 e. The molecule has 2 saturated heterocycles. The molecule has 2 amide bonds. The van der Waals surface area contributed by atoms with Gasteiger partial charge in [0.1, 0.15) is 29.3 Å². The number of hydrogen-bond acceptors (Lipinski definition) is 4. The Morgan fingerprint density at radius 2 is 1.97 bits per heavy atom. The summed E-state index contributed by atoms with van der Waals surface area (Å²) < 4.78 is 25.5. The van der Waals surface area contributed by atoms with Gasteiger partial charge >= 0.3 is 6.09 Å². The first-order valence-electron chi connectivity index (χ1n) is 11.5. The molecule has 0 unspecified atom stereocenters. The van der Waals surface area contributed by atoms with Crippen LogP contribution in [0.5, 0.6) is 5.75 Å². The quantitative estimate of drug-likeness (QED) is 0.696. The molecule has 2 heterocycles. The topological polar surface area (TPSA) is 67.9 Å². The van der Waals surface area contributed by atoms with Crippen LogP contribution in [-0.4, -0.2) is 34.6 Å². The highest BCUT2D eigenvalue weighted by Crippen LogP contribution is 2.47. The second kappa shape index (κ2) is 9.04. The third-order valence-electron chi connectivity index (χ3n) is 6.26. The van der Waals surface area contributed by atoms with Crippen molar-refractivity contribution >= 4 is 12.0 Å². The number of benzene rings is 2. The summed E-state index contributed by atoms with van der Waals surface area (Å²) in [6.07, 6.45) is 2.15. The smallest absolute Gasteiger partial charge is 0.411 e. The number of rotatable bonds is 4. The van der Waals surface area contributed by atoms with E-state index in [9.17, 15) is 14.0 Å². The Bertz CT molecular complexity index is 1030. The molecule has 6 nitrogen and oxygen atoms in total. The van der Waals surface area contributed by atoms with Crippen molar-refractivity contribution in [1.29, 1.82) is 0 Å². The maximum absolute atomic E-state index is 14.0. The Kier molecular flexibility index (Phi) is 6.32. The number of carbonyl (C=O) groups excluding carboxylic acids is 2. The predicted octanol–water partition coefficient (Wildman–Crippen LogP) is 5.13. The number of carbonyl (C=O) groups is 2. The van der Waals surface area contributed by atoms with Crippen LogP contribution >= 0.6 is 0 Å². The molecule has 2 aromatic carbocycles. The fourth-order valence-electron chi connectivity index (χ4n) is 4.77. The summed E-state index contributed by atoms with van der Waals surface area (Å²) in [6, 6.07) is 13.6. The van der Waals surface area contributed by atoms with E-state index in [0.717, 1.165) is 12.0 Å². The number of piperidine rings is 1. The average molecular weight is 455 g/mol. The van der Waals surface area contributed by atoms with Gasteiger partial charge < -0.3 is 14.8 Å². The monoisotopic (exact) mass is 454 g/mol. The van der Waals surface area contributed by atoms with Gasteiger partial charge in [-0.2, -0.15) is 0 Å². The number of nitrogens with zero attached hydrogens (tertiary/aromatic N) is 1. The lowest BCUT2D eigenvalue weighted by Gasteiger charge is -2.42. The zero-order valence-corrected chi connectivity index (χ0v) is 19.4. The summed E-state index contributed by atoms with van der Waals surface area (Å²) in [5, 5.41) is 2.94. The molecule has 1 N–H and O–H groups in total. The van der Waals surface area contributed by atoms with Crippen molar-refractivity contribution in [1.82, 2.24) is 10.2 Å². The molecule has 2 aromatic rings. The summed E-state index contributed by atoms with van der Waals surface area (Å²) in [5.41, 5.74) is -0.254. The van der Waals surface area contributed by atoms with Crippen LogP contribution in [0.15, 0.2) is 48.5 Å². The summed E-state index contributed by atoms with van der Waals surface area (Å²) in [4.78, 5) is 28.0. The first-order chi connectivity index (χ1) is 15.7.